The summed E-state index contributed by atoms with van der Waals surface area (Å²) in [5.74, 6) is 0.733. The molecule has 13 heteroatoms. The van der Waals surface area contributed by atoms with E-state index in [2.05, 4.69) is 25.2 Å². The van der Waals surface area contributed by atoms with Crippen LogP contribution in [0.4, 0.5) is 14.6 Å². The van der Waals surface area contributed by atoms with Gasteiger partial charge in [0.25, 0.3) is 12.0 Å². The van der Waals surface area contributed by atoms with Crippen LogP contribution in [-0.2, 0) is 9.53 Å². The van der Waals surface area contributed by atoms with Crippen LogP contribution >= 0.6 is 0 Å². The van der Waals surface area contributed by atoms with E-state index in [1.165, 1.54) is 17.1 Å². The van der Waals surface area contributed by atoms with Crippen LogP contribution in [0.25, 0.3) is 10.9 Å². The van der Waals surface area contributed by atoms with Gasteiger partial charge in [0.15, 0.2) is 0 Å². The van der Waals surface area contributed by atoms with Crippen LogP contribution < -0.4 is 10.5 Å². The summed E-state index contributed by atoms with van der Waals surface area (Å²) in [5, 5.41) is 18.4. The zero-order valence-corrected chi connectivity index (χ0v) is 19.0. The van der Waals surface area contributed by atoms with Gasteiger partial charge in [0, 0.05) is 32.4 Å². The minimum atomic E-state index is -2.90. The normalized spacial score (nSPS) is 14.9. The number of hydrogen-bond acceptors (Lipinski definition) is 8. The van der Waals surface area contributed by atoms with Crippen molar-refractivity contribution in [2.75, 3.05) is 44.3 Å². The van der Waals surface area contributed by atoms with E-state index in [0.717, 1.165) is 5.82 Å². The number of fused-ring (bicyclic) bond motifs is 1. The molecule has 1 aliphatic rings. The first-order valence-corrected chi connectivity index (χ1v) is 11.1. The number of nitrogens with one attached hydrogen (secondary N) is 1. The summed E-state index contributed by atoms with van der Waals surface area (Å²) >= 11 is 0. The molecular formula is C22H24F2N8O3. The summed E-state index contributed by atoms with van der Waals surface area (Å²) in [5.41, 5.74) is -0.623. The van der Waals surface area contributed by atoms with Gasteiger partial charge in [-0.05, 0) is 19.1 Å². The Labute approximate surface area is 198 Å². The van der Waals surface area contributed by atoms with Gasteiger partial charge in [0.2, 0.25) is 5.91 Å². The van der Waals surface area contributed by atoms with Crippen molar-refractivity contribution < 1.29 is 18.3 Å². The lowest BCUT2D eigenvalue weighted by Crippen LogP contribution is -2.49. The van der Waals surface area contributed by atoms with Crippen molar-refractivity contribution in [1.82, 2.24) is 29.9 Å². The molecule has 0 aliphatic carbocycles. The fraction of sp³-hybridized carbons (Fsp3) is 0.455. The van der Waals surface area contributed by atoms with E-state index in [0.29, 0.717) is 31.7 Å². The second-order valence-electron chi connectivity index (χ2n) is 8.15. The van der Waals surface area contributed by atoms with Crippen molar-refractivity contribution in [2.45, 2.75) is 25.8 Å². The van der Waals surface area contributed by atoms with Crippen LogP contribution in [-0.4, -0.2) is 75.2 Å². The summed E-state index contributed by atoms with van der Waals surface area (Å²) in [4.78, 5) is 32.6. The van der Waals surface area contributed by atoms with Crippen LogP contribution in [0.15, 0.2) is 29.3 Å². The summed E-state index contributed by atoms with van der Waals surface area (Å²) < 4.78 is 33.6. The SMILES string of the molecule is CC(COCCC(=O)N1CCN(c2ccc(C#N)cn2)CC1)n1nc(C(F)F)c2c(=O)[nH]ncc21. The Morgan fingerprint density at radius 1 is 1.26 bits per heavy atom. The molecule has 0 radical (unpaired) electrons. The highest BCUT2D eigenvalue weighted by molar-refractivity contribution is 5.80. The lowest BCUT2D eigenvalue weighted by molar-refractivity contribution is -0.132. The molecule has 3 aromatic rings. The molecule has 4 rings (SSSR count). The largest absolute Gasteiger partial charge is 0.379 e. The van der Waals surface area contributed by atoms with E-state index in [4.69, 9.17) is 10.00 Å². The quantitative estimate of drug-likeness (QED) is 0.475. The monoisotopic (exact) mass is 486 g/mol. The fourth-order valence-electron chi connectivity index (χ4n) is 3.99. The lowest BCUT2D eigenvalue weighted by atomic mass is 10.2. The Bertz CT molecular complexity index is 1280. The van der Waals surface area contributed by atoms with Crippen LogP contribution in [0, 0.1) is 11.3 Å². The third-order valence-electron chi connectivity index (χ3n) is 5.83. The molecule has 1 aliphatic heterocycles. The van der Waals surface area contributed by atoms with Gasteiger partial charge in [-0.3, -0.25) is 14.3 Å². The molecule has 35 heavy (non-hydrogen) atoms. The van der Waals surface area contributed by atoms with E-state index in [1.54, 1.807) is 24.0 Å². The molecule has 1 N–H and O–H groups in total. The average molecular weight is 486 g/mol. The van der Waals surface area contributed by atoms with E-state index < -0.39 is 23.7 Å². The second kappa shape index (κ2) is 10.6. The van der Waals surface area contributed by atoms with Gasteiger partial charge in [-0.15, -0.1) is 0 Å². The number of amides is 1. The van der Waals surface area contributed by atoms with Gasteiger partial charge in [-0.2, -0.15) is 15.5 Å². The zero-order valence-electron chi connectivity index (χ0n) is 19.0. The number of aromatic amines is 1. The van der Waals surface area contributed by atoms with Crippen LogP contribution in [0.5, 0.6) is 0 Å². The molecule has 0 saturated carbocycles. The van der Waals surface area contributed by atoms with Crippen molar-refractivity contribution in [3.8, 4) is 6.07 Å². The van der Waals surface area contributed by atoms with E-state index in [9.17, 15) is 18.4 Å². The standard InChI is InChI=1S/C22H24F2N8O3/c1-14(32-16-12-27-28-22(34)19(16)20(29-32)21(23)24)13-35-9-4-18(33)31-7-5-30(6-8-31)17-3-2-15(10-25)11-26-17/h2-3,11-12,14,21H,4-9,13H2,1H3,(H,28,34). The number of carbonyl (C=O) groups is 1. The first-order valence-electron chi connectivity index (χ1n) is 11.1. The van der Waals surface area contributed by atoms with Crippen molar-refractivity contribution >= 4 is 22.6 Å². The van der Waals surface area contributed by atoms with Crippen molar-refractivity contribution in [2.24, 2.45) is 0 Å². The second-order valence-corrected chi connectivity index (χ2v) is 8.15. The van der Waals surface area contributed by atoms with Gasteiger partial charge in [0.05, 0.1) is 48.3 Å². The topological polar surface area (TPSA) is 133 Å². The number of aromatic nitrogens is 5. The Hall–Kier alpha value is -3.92. The molecule has 1 saturated heterocycles. The van der Waals surface area contributed by atoms with Gasteiger partial charge in [-0.25, -0.2) is 18.9 Å². The molecule has 1 amide bonds. The smallest absolute Gasteiger partial charge is 0.282 e. The molecule has 184 valence electrons. The number of nitrogens with zero attached hydrogens (tertiary/aromatic N) is 7. The fourth-order valence-corrected chi connectivity index (χ4v) is 3.99. The van der Waals surface area contributed by atoms with E-state index in [1.807, 2.05) is 6.07 Å². The van der Waals surface area contributed by atoms with Crippen molar-refractivity contribution in [1.29, 1.82) is 5.26 Å². The molecule has 0 spiro atoms. The summed E-state index contributed by atoms with van der Waals surface area (Å²) in [6.45, 7) is 4.38. The van der Waals surface area contributed by atoms with E-state index >= 15 is 0 Å². The predicted octanol–water partition coefficient (Wildman–Crippen LogP) is 1.64. The highest BCUT2D eigenvalue weighted by atomic mass is 19.3. The maximum Gasteiger partial charge on any atom is 0.282 e. The van der Waals surface area contributed by atoms with Gasteiger partial charge >= 0.3 is 0 Å². The van der Waals surface area contributed by atoms with Crippen LogP contribution in [0.1, 0.15) is 37.1 Å². The van der Waals surface area contributed by atoms with Crippen LogP contribution in [0.3, 0.4) is 0 Å². The third kappa shape index (κ3) is 5.27. The first-order chi connectivity index (χ1) is 16.9. The molecule has 1 atom stereocenters. The minimum absolute atomic E-state index is 0.0367. The molecule has 1 unspecified atom stereocenters. The molecule has 0 aromatic carbocycles. The Kier molecular flexibility index (Phi) is 7.31. The number of H-pyrrole nitrogens is 1. The number of anilines is 1. The maximum atomic E-state index is 13.3. The minimum Gasteiger partial charge on any atom is -0.379 e. The number of hydrogen-bond donors (Lipinski definition) is 1. The maximum absolute atomic E-state index is 13.3. The van der Waals surface area contributed by atoms with Crippen molar-refractivity contribution in [3.05, 3.63) is 46.1 Å². The summed E-state index contributed by atoms with van der Waals surface area (Å²) in [6.07, 6.45) is 0.0923. The number of carbonyl (C=O) groups excluding carboxylic acids is 1. The molecule has 4 heterocycles. The van der Waals surface area contributed by atoms with E-state index in [-0.39, 0.29) is 36.4 Å². The average Bonchev–Trinajstić information content (AvgIpc) is 3.28. The number of pyridine rings is 1. The Morgan fingerprint density at radius 2 is 2.03 bits per heavy atom. The number of halogens is 2. The lowest BCUT2D eigenvalue weighted by Gasteiger charge is -2.35. The Balaban J connectivity index is 1.25. The number of piperazine rings is 1. The van der Waals surface area contributed by atoms with Crippen LogP contribution in [0.2, 0.25) is 0 Å². The molecule has 1 fully saturated rings. The highest BCUT2D eigenvalue weighted by Gasteiger charge is 2.24. The van der Waals surface area contributed by atoms with Gasteiger partial charge < -0.3 is 14.5 Å². The molecule has 3 aromatic heterocycles. The predicted molar refractivity (Wildman–Crippen MR) is 121 cm³/mol. The number of ether oxygens (including phenoxy) is 1. The molecule has 0 bridgehead atoms. The third-order valence-corrected chi connectivity index (χ3v) is 5.83. The molecular weight excluding hydrogens is 462 g/mol. The summed E-state index contributed by atoms with van der Waals surface area (Å²) in [6, 6.07) is 5.10. The number of alkyl halides is 2. The Morgan fingerprint density at radius 3 is 2.69 bits per heavy atom. The summed E-state index contributed by atoms with van der Waals surface area (Å²) in [7, 11) is 0. The number of nitriles is 1. The first kappa shape index (κ1) is 24.2. The highest BCUT2D eigenvalue weighted by Crippen LogP contribution is 2.26. The van der Waals surface area contributed by atoms with Crippen molar-refractivity contribution in [3.63, 3.8) is 0 Å². The zero-order chi connectivity index (χ0) is 24.9. The molecule has 11 nitrogen and oxygen atoms in total. The number of rotatable bonds is 8. The van der Waals surface area contributed by atoms with Gasteiger partial charge in [-0.1, -0.05) is 0 Å². The van der Waals surface area contributed by atoms with Gasteiger partial charge in [0.1, 0.15) is 17.6 Å².